The summed E-state index contributed by atoms with van der Waals surface area (Å²) in [5.41, 5.74) is 2.52. The molecule has 1 saturated carbocycles. The van der Waals surface area contributed by atoms with Crippen LogP contribution >= 0.6 is 11.6 Å². The van der Waals surface area contributed by atoms with Crippen molar-refractivity contribution in [1.29, 1.82) is 0 Å². The smallest absolute Gasteiger partial charge is 0.254 e. The van der Waals surface area contributed by atoms with Gasteiger partial charge in [-0.1, -0.05) is 41.9 Å². The normalized spacial score (nSPS) is 20.5. The minimum atomic E-state index is -0.147. The van der Waals surface area contributed by atoms with E-state index in [0.717, 1.165) is 12.1 Å². The number of amides is 1. The van der Waals surface area contributed by atoms with Gasteiger partial charge < -0.3 is 5.32 Å². The Balaban J connectivity index is 1.66. The van der Waals surface area contributed by atoms with Crippen LogP contribution in [0.15, 0.2) is 42.6 Å². The van der Waals surface area contributed by atoms with Crippen LogP contribution < -0.4 is 5.32 Å². The number of carbonyl (C=O) groups excluding carboxylic acids is 1. The Morgan fingerprint density at radius 2 is 2.10 bits per heavy atom. The third-order valence-corrected chi connectivity index (χ3v) is 3.88. The van der Waals surface area contributed by atoms with Crippen LogP contribution in [0.4, 0.5) is 0 Å². The molecular formula is C16H15ClN2O. The molecule has 2 aromatic rings. The van der Waals surface area contributed by atoms with E-state index in [1.54, 1.807) is 6.07 Å². The zero-order valence-electron chi connectivity index (χ0n) is 11.1. The molecule has 2 atom stereocenters. The third kappa shape index (κ3) is 2.68. The van der Waals surface area contributed by atoms with Crippen LogP contribution in [0, 0.1) is 6.92 Å². The SMILES string of the molecule is Cc1cc(Cl)c(C(=O)NC2CC2c2ccccc2)cn1. The molecule has 0 bridgehead atoms. The number of aromatic nitrogens is 1. The molecule has 1 aliphatic rings. The van der Waals surface area contributed by atoms with Gasteiger partial charge >= 0.3 is 0 Å². The van der Waals surface area contributed by atoms with Crippen molar-refractivity contribution in [3.63, 3.8) is 0 Å². The number of pyridine rings is 1. The molecule has 0 spiro atoms. The average Bonchev–Trinajstić information content (AvgIpc) is 3.18. The molecule has 3 nitrogen and oxygen atoms in total. The minimum absolute atomic E-state index is 0.147. The highest BCUT2D eigenvalue weighted by Crippen LogP contribution is 2.40. The van der Waals surface area contributed by atoms with Crippen molar-refractivity contribution < 1.29 is 4.79 Å². The van der Waals surface area contributed by atoms with E-state index in [-0.39, 0.29) is 11.9 Å². The quantitative estimate of drug-likeness (QED) is 0.940. The zero-order valence-corrected chi connectivity index (χ0v) is 11.9. The van der Waals surface area contributed by atoms with Gasteiger partial charge in [0.2, 0.25) is 0 Å². The van der Waals surface area contributed by atoms with E-state index < -0.39 is 0 Å². The first-order chi connectivity index (χ1) is 9.65. The van der Waals surface area contributed by atoms with Crippen molar-refractivity contribution in [1.82, 2.24) is 10.3 Å². The molecule has 3 rings (SSSR count). The van der Waals surface area contributed by atoms with E-state index >= 15 is 0 Å². The number of halogens is 1. The van der Waals surface area contributed by atoms with E-state index in [4.69, 9.17) is 11.6 Å². The van der Waals surface area contributed by atoms with Crippen molar-refractivity contribution in [2.24, 2.45) is 0 Å². The summed E-state index contributed by atoms with van der Waals surface area (Å²) in [6.45, 7) is 1.85. The van der Waals surface area contributed by atoms with E-state index in [2.05, 4.69) is 22.4 Å². The fourth-order valence-electron chi connectivity index (χ4n) is 2.36. The second-order valence-corrected chi connectivity index (χ2v) is 5.55. The number of carbonyl (C=O) groups is 1. The Hall–Kier alpha value is -1.87. The van der Waals surface area contributed by atoms with Crippen LogP contribution in [0.3, 0.4) is 0 Å². The van der Waals surface area contributed by atoms with Crippen molar-refractivity contribution in [2.75, 3.05) is 0 Å². The Labute approximate surface area is 123 Å². The number of aryl methyl sites for hydroxylation is 1. The first-order valence-corrected chi connectivity index (χ1v) is 7.01. The van der Waals surface area contributed by atoms with Crippen molar-refractivity contribution >= 4 is 17.5 Å². The standard InChI is InChI=1S/C16H15ClN2O/c1-10-7-14(17)13(9-18-10)16(20)19-15-8-12(15)11-5-3-2-4-6-11/h2-7,9,12,15H,8H2,1H3,(H,19,20). The molecule has 20 heavy (non-hydrogen) atoms. The van der Waals surface area contributed by atoms with Gasteiger partial charge in [0.15, 0.2) is 0 Å². The lowest BCUT2D eigenvalue weighted by molar-refractivity contribution is 0.0950. The number of rotatable bonds is 3. The summed E-state index contributed by atoms with van der Waals surface area (Å²) in [4.78, 5) is 16.3. The number of benzene rings is 1. The first kappa shape index (κ1) is 13.1. The predicted molar refractivity (Wildman–Crippen MR) is 79.0 cm³/mol. The maximum absolute atomic E-state index is 12.2. The largest absolute Gasteiger partial charge is 0.349 e. The van der Waals surface area contributed by atoms with Gasteiger partial charge in [-0.15, -0.1) is 0 Å². The molecule has 1 amide bonds. The number of hydrogen-bond donors (Lipinski definition) is 1. The van der Waals surface area contributed by atoms with Crippen LogP contribution in [0.1, 0.15) is 34.0 Å². The van der Waals surface area contributed by atoms with Gasteiger partial charge in [0.05, 0.1) is 10.6 Å². The Morgan fingerprint density at radius 3 is 2.80 bits per heavy atom. The second kappa shape index (κ2) is 5.25. The van der Waals surface area contributed by atoms with Crippen LogP contribution in [0.25, 0.3) is 0 Å². The van der Waals surface area contributed by atoms with Gasteiger partial charge in [0.1, 0.15) is 0 Å². The summed E-state index contributed by atoms with van der Waals surface area (Å²) in [5.74, 6) is 0.267. The average molecular weight is 287 g/mol. The molecule has 2 unspecified atom stereocenters. The van der Waals surface area contributed by atoms with Gasteiger partial charge in [0, 0.05) is 23.9 Å². The molecule has 0 aliphatic heterocycles. The fourth-order valence-corrected chi connectivity index (χ4v) is 2.66. The van der Waals surface area contributed by atoms with E-state index in [9.17, 15) is 4.79 Å². The zero-order chi connectivity index (χ0) is 14.1. The Bertz CT molecular complexity index is 642. The van der Waals surface area contributed by atoms with Gasteiger partial charge in [-0.25, -0.2) is 0 Å². The third-order valence-electron chi connectivity index (χ3n) is 3.57. The predicted octanol–water partition coefficient (Wildman–Crippen LogP) is 3.33. The van der Waals surface area contributed by atoms with Gasteiger partial charge in [-0.05, 0) is 25.0 Å². The van der Waals surface area contributed by atoms with E-state index in [1.165, 1.54) is 11.8 Å². The summed E-state index contributed by atoms with van der Waals surface area (Å²) < 4.78 is 0. The molecule has 4 heteroatoms. The Morgan fingerprint density at radius 1 is 1.35 bits per heavy atom. The summed E-state index contributed by atoms with van der Waals surface area (Å²) >= 11 is 6.08. The monoisotopic (exact) mass is 286 g/mol. The number of nitrogens with one attached hydrogen (secondary N) is 1. The lowest BCUT2D eigenvalue weighted by Crippen LogP contribution is -2.27. The van der Waals surface area contributed by atoms with Crippen molar-refractivity contribution in [3.8, 4) is 0 Å². The fraction of sp³-hybridized carbons (Fsp3) is 0.250. The molecule has 1 aromatic heterocycles. The summed E-state index contributed by atoms with van der Waals surface area (Å²) in [6, 6.07) is 12.1. The minimum Gasteiger partial charge on any atom is -0.349 e. The molecule has 0 saturated heterocycles. The molecular weight excluding hydrogens is 272 g/mol. The summed E-state index contributed by atoms with van der Waals surface area (Å²) in [6.07, 6.45) is 2.51. The summed E-state index contributed by atoms with van der Waals surface area (Å²) in [5, 5.41) is 3.47. The second-order valence-electron chi connectivity index (χ2n) is 5.14. The highest BCUT2D eigenvalue weighted by molar-refractivity contribution is 6.33. The van der Waals surface area contributed by atoms with Gasteiger partial charge in [0.25, 0.3) is 5.91 Å². The molecule has 1 aliphatic carbocycles. The topological polar surface area (TPSA) is 42.0 Å². The maximum Gasteiger partial charge on any atom is 0.254 e. The van der Waals surface area contributed by atoms with Crippen LogP contribution in [0.5, 0.6) is 0 Å². The molecule has 1 aromatic carbocycles. The van der Waals surface area contributed by atoms with E-state index in [1.807, 2.05) is 25.1 Å². The van der Waals surface area contributed by atoms with E-state index in [0.29, 0.717) is 16.5 Å². The highest BCUT2D eigenvalue weighted by Gasteiger charge is 2.39. The van der Waals surface area contributed by atoms with Crippen LogP contribution in [-0.4, -0.2) is 16.9 Å². The molecule has 1 N–H and O–H groups in total. The summed E-state index contributed by atoms with van der Waals surface area (Å²) in [7, 11) is 0. The van der Waals surface area contributed by atoms with Crippen LogP contribution in [-0.2, 0) is 0 Å². The highest BCUT2D eigenvalue weighted by atomic mass is 35.5. The maximum atomic E-state index is 12.2. The molecule has 102 valence electrons. The Kier molecular flexibility index (Phi) is 3.45. The van der Waals surface area contributed by atoms with Crippen molar-refractivity contribution in [2.45, 2.75) is 25.3 Å². The molecule has 0 radical (unpaired) electrons. The molecule has 1 heterocycles. The lowest BCUT2D eigenvalue weighted by Gasteiger charge is -2.07. The molecule has 1 fully saturated rings. The number of nitrogens with zero attached hydrogens (tertiary/aromatic N) is 1. The van der Waals surface area contributed by atoms with Crippen molar-refractivity contribution in [3.05, 3.63) is 64.4 Å². The number of hydrogen-bond acceptors (Lipinski definition) is 2. The first-order valence-electron chi connectivity index (χ1n) is 6.63. The lowest BCUT2D eigenvalue weighted by atomic mass is 10.1. The van der Waals surface area contributed by atoms with Crippen LogP contribution in [0.2, 0.25) is 5.02 Å². The van der Waals surface area contributed by atoms with Gasteiger partial charge in [-0.3, -0.25) is 9.78 Å². The van der Waals surface area contributed by atoms with Gasteiger partial charge in [-0.2, -0.15) is 0 Å².